The Kier molecular flexibility index (Phi) is 4.15. The van der Waals surface area contributed by atoms with Crippen LogP contribution in [0, 0.1) is 0 Å². The molecule has 40 valence electrons. The van der Waals surface area contributed by atoms with Crippen LogP contribution in [0.25, 0.3) is 0 Å². The molecule has 0 bridgehead atoms. The number of hydrogen-bond donors (Lipinski definition) is 0. The molecule has 0 radical (unpaired) electrons. The second kappa shape index (κ2) is 4.15. The van der Waals surface area contributed by atoms with E-state index in [9.17, 15) is 0 Å². The van der Waals surface area contributed by atoms with Crippen LogP contribution in [-0.4, -0.2) is 8.83 Å². The number of halogens is 1. The SMILES string of the molecule is C=CC(C=C)[SiH2]Cl. The largest absolute Gasteiger partial charge is 0.175 e. The molecular formula is C5H9ClSi. The first-order chi connectivity index (χ1) is 3.35. The molecule has 0 aliphatic rings. The highest BCUT2D eigenvalue weighted by Gasteiger charge is 1.91. The van der Waals surface area contributed by atoms with Crippen molar-refractivity contribution in [2.24, 2.45) is 0 Å². The highest BCUT2D eigenvalue weighted by atomic mass is 35.6. The third-order valence-corrected chi connectivity index (χ3v) is 2.88. The summed E-state index contributed by atoms with van der Waals surface area (Å²) in [7, 11) is -0.436. The first kappa shape index (κ1) is 6.99. The zero-order valence-corrected chi connectivity index (χ0v) is 6.40. The molecule has 0 aromatic rings. The van der Waals surface area contributed by atoms with Crippen LogP contribution in [0.3, 0.4) is 0 Å². The van der Waals surface area contributed by atoms with Gasteiger partial charge < -0.3 is 0 Å². The predicted octanol–water partition coefficient (Wildman–Crippen LogP) is 1.47. The molecule has 0 aliphatic heterocycles. The Morgan fingerprint density at radius 1 is 1.43 bits per heavy atom. The minimum Gasteiger partial charge on any atom is -0.175 e. The average Bonchev–Trinajstić information content (AvgIpc) is 1.72. The molecule has 0 heterocycles. The molecule has 0 saturated carbocycles. The fourth-order valence-electron chi connectivity index (χ4n) is 0.222. The summed E-state index contributed by atoms with van der Waals surface area (Å²) in [5.74, 6) is 0. The maximum absolute atomic E-state index is 5.56. The summed E-state index contributed by atoms with van der Waals surface area (Å²) >= 11 is 5.56. The number of allylic oxidation sites excluding steroid dienone is 2. The van der Waals surface area contributed by atoms with E-state index in [1.165, 1.54) is 0 Å². The van der Waals surface area contributed by atoms with Crippen LogP contribution in [0.1, 0.15) is 0 Å². The predicted molar refractivity (Wildman–Crippen MR) is 38.5 cm³/mol. The lowest BCUT2D eigenvalue weighted by Crippen LogP contribution is -1.85. The van der Waals surface area contributed by atoms with Crippen molar-refractivity contribution in [1.29, 1.82) is 0 Å². The minimum absolute atomic E-state index is 0.418. The van der Waals surface area contributed by atoms with Crippen LogP contribution in [0.15, 0.2) is 25.3 Å². The summed E-state index contributed by atoms with van der Waals surface area (Å²) in [6.07, 6.45) is 3.68. The summed E-state index contributed by atoms with van der Waals surface area (Å²) in [5, 5.41) is 0. The van der Waals surface area contributed by atoms with Crippen LogP contribution >= 0.6 is 11.1 Å². The van der Waals surface area contributed by atoms with E-state index in [2.05, 4.69) is 13.2 Å². The molecule has 0 spiro atoms. The van der Waals surface area contributed by atoms with Gasteiger partial charge in [-0.25, -0.2) is 0 Å². The quantitative estimate of drug-likeness (QED) is 0.310. The fourth-order valence-corrected chi connectivity index (χ4v) is 1.23. The van der Waals surface area contributed by atoms with Gasteiger partial charge in [-0.1, -0.05) is 12.2 Å². The number of hydrogen-bond acceptors (Lipinski definition) is 0. The third kappa shape index (κ3) is 2.66. The van der Waals surface area contributed by atoms with Crippen LogP contribution in [-0.2, 0) is 0 Å². The van der Waals surface area contributed by atoms with Crippen LogP contribution in [0.2, 0.25) is 5.54 Å². The van der Waals surface area contributed by atoms with Gasteiger partial charge in [-0.15, -0.1) is 13.2 Å². The van der Waals surface area contributed by atoms with Crippen molar-refractivity contribution >= 4 is 19.9 Å². The van der Waals surface area contributed by atoms with Crippen molar-refractivity contribution in [2.75, 3.05) is 0 Å². The molecule has 0 fully saturated rings. The molecule has 0 atom stereocenters. The summed E-state index contributed by atoms with van der Waals surface area (Å²) < 4.78 is 0. The molecule has 0 N–H and O–H groups in total. The van der Waals surface area contributed by atoms with Gasteiger partial charge in [-0.3, -0.25) is 0 Å². The van der Waals surface area contributed by atoms with E-state index in [1.807, 2.05) is 12.2 Å². The van der Waals surface area contributed by atoms with Gasteiger partial charge >= 0.3 is 0 Å². The number of rotatable bonds is 3. The van der Waals surface area contributed by atoms with E-state index in [0.29, 0.717) is 5.54 Å². The first-order valence-electron chi connectivity index (χ1n) is 2.16. The standard InChI is InChI=1S/C5H9ClSi/c1-3-5(4-2)7-6/h3-5H,1-2,7H2. The smallest absolute Gasteiger partial charge is 0.135 e. The summed E-state index contributed by atoms with van der Waals surface area (Å²) in [5.41, 5.74) is 0.418. The maximum Gasteiger partial charge on any atom is 0.135 e. The van der Waals surface area contributed by atoms with Crippen molar-refractivity contribution in [1.82, 2.24) is 0 Å². The summed E-state index contributed by atoms with van der Waals surface area (Å²) in [6, 6.07) is 0. The van der Waals surface area contributed by atoms with Gasteiger partial charge in [0.15, 0.2) is 0 Å². The summed E-state index contributed by atoms with van der Waals surface area (Å²) in [6.45, 7) is 7.16. The van der Waals surface area contributed by atoms with Gasteiger partial charge in [0.05, 0.1) is 0 Å². The monoisotopic (exact) mass is 132 g/mol. The maximum atomic E-state index is 5.56. The lowest BCUT2D eigenvalue weighted by atomic mass is 10.4. The first-order valence-corrected chi connectivity index (χ1v) is 5.11. The molecule has 0 amide bonds. The van der Waals surface area contributed by atoms with Gasteiger partial charge in [-0.05, 0) is 5.54 Å². The van der Waals surface area contributed by atoms with E-state index in [1.54, 1.807) is 0 Å². The summed E-state index contributed by atoms with van der Waals surface area (Å²) in [4.78, 5) is 0. The zero-order valence-electron chi connectivity index (χ0n) is 4.23. The molecule has 0 unspecified atom stereocenters. The highest BCUT2D eigenvalue weighted by Crippen LogP contribution is 2.04. The topological polar surface area (TPSA) is 0 Å². The normalized spacial score (nSPS) is 10.6. The van der Waals surface area contributed by atoms with Crippen LogP contribution in [0.4, 0.5) is 0 Å². The molecule has 0 aromatic heterocycles. The van der Waals surface area contributed by atoms with Gasteiger partial charge in [0, 0.05) is 0 Å². The molecule has 7 heavy (non-hydrogen) atoms. The van der Waals surface area contributed by atoms with Gasteiger partial charge in [-0.2, -0.15) is 11.1 Å². The van der Waals surface area contributed by atoms with E-state index in [4.69, 9.17) is 11.1 Å². The molecule has 0 aromatic carbocycles. The Morgan fingerprint density at radius 3 is 1.86 bits per heavy atom. The lowest BCUT2D eigenvalue weighted by molar-refractivity contribution is 1.39. The van der Waals surface area contributed by atoms with Gasteiger partial charge in [0.2, 0.25) is 0 Å². The van der Waals surface area contributed by atoms with E-state index in [0.717, 1.165) is 0 Å². The van der Waals surface area contributed by atoms with Crippen LogP contribution < -0.4 is 0 Å². The Morgan fingerprint density at radius 2 is 1.86 bits per heavy atom. The highest BCUT2D eigenvalue weighted by molar-refractivity contribution is 6.95. The molecule has 0 aliphatic carbocycles. The minimum atomic E-state index is -0.436. The molecule has 0 rings (SSSR count). The molecule has 2 heteroatoms. The van der Waals surface area contributed by atoms with Crippen LogP contribution in [0.5, 0.6) is 0 Å². The van der Waals surface area contributed by atoms with Gasteiger partial charge in [0.1, 0.15) is 8.83 Å². The van der Waals surface area contributed by atoms with E-state index < -0.39 is 8.83 Å². The Bertz CT molecular complexity index is 62.5. The van der Waals surface area contributed by atoms with Crippen molar-refractivity contribution in [3.05, 3.63) is 25.3 Å². The van der Waals surface area contributed by atoms with Crippen molar-refractivity contribution in [3.8, 4) is 0 Å². The molecule has 0 nitrogen and oxygen atoms in total. The lowest BCUT2D eigenvalue weighted by Gasteiger charge is -1.93. The average molecular weight is 133 g/mol. The Balaban J connectivity index is 3.36. The zero-order chi connectivity index (χ0) is 5.70. The van der Waals surface area contributed by atoms with E-state index in [-0.39, 0.29) is 0 Å². The second-order valence-electron chi connectivity index (χ2n) is 1.29. The Hall–Kier alpha value is -0.0131. The fraction of sp³-hybridized carbons (Fsp3) is 0.200. The second-order valence-corrected chi connectivity index (χ2v) is 3.47. The van der Waals surface area contributed by atoms with Gasteiger partial charge in [0.25, 0.3) is 0 Å². The van der Waals surface area contributed by atoms with Crippen molar-refractivity contribution < 1.29 is 0 Å². The molecule has 0 saturated heterocycles. The Labute approximate surface area is 51.4 Å². The van der Waals surface area contributed by atoms with Crippen molar-refractivity contribution in [3.63, 3.8) is 0 Å². The van der Waals surface area contributed by atoms with Crippen molar-refractivity contribution in [2.45, 2.75) is 5.54 Å². The van der Waals surface area contributed by atoms with E-state index >= 15 is 0 Å². The third-order valence-electron chi connectivity index (χ3n) is 0.784. The molecular weight excluding hydrogens is 124 g/mol.